The molecule has 7 heteroatoms. The Balaban J connectivity index is 2.13. The van der Waals surface area contributed by atoms with Crippen LogP contribution in [0.5, 0.6) is 0 Å². The van der Waals surface area contributed by atoms with Crippen LogP contribution in [-0.4, -0.2) is 40.4 Å². The molecule has 3 atom stereocenters. The summed E-state index contributed by atoms with van der Waals surface area (Å²) in [5.41, 5.74) is 1.71. The predicted molar refractivity (Wildman–Crippen MR) is 80.8 cm³/mol. The van der Waals surface area contributed by atoms with Crippen molar-refractivity contribution in [2.24, 2.45) is 5.14 Å². The van der Waals surface area contributed by atoms with Gasteiger partial charge in [0.25, 0.3) is 0 Å². The van der Waals surface area contributed by atoms with Gasteiger partial charge in [0.2, 0.25) is 10.0 Å². The zero-order valence-electron chi connectivity index (χ0n) is 12.5. The maximum atomic E-state index is 11.4. The van der Waals surface area contributed by atoms with Crippen molar-refractivity contribution in [1.29, 1.82) is 0 Å². The smallest absolute Gasteiger partial charge is 0.238 e. The fourth-order valence-electron chi connectivity index (χ4n) is 2.55. The summed E-state index contributed by atoms with van der Waals surface area (Å²) in [5.74, 6) is 0. The Bertz CT molecular complexity index is 603. The Morgan fingerprint density at radius 2 is 2.14 bits per heavy atom. The zero-order valence-corrected chi connectivity index (χ0v) is 13.3. The van der Waals surface area contributed by atoms with Gasteiger partial charge in [-0.05, 0) is 38.0 Å². The van der Waals surface area contributed by atoms with Crippen LogP contribution in [-0.2, 0) is 19.5 Å². The van der Waals surface area contributed by atoms with E-state index in [2.05, 4.69) is 5.32 Å². The van der Waals surface area contributed by atoms with Gasteiger partial charge in [-0.3, -0.25) is 0 Å². The zero-order chi connectivity index (χ0) is 15.6. The fourth-order valence-corrected chi connectivity index (χ4v) is 3.09. The minimum atomic E-state index is -3.70. The van der Waals surface area contributed by atoms with Crippen molar-refractivity contribution in [2.45, 2.75) is 43.4 Å². The number of rotatable bonds is 6. The van der Waals surface area contributed by atoms with Gasteiger partial charge in [-0.2, -0.15) is 0 Å². The van der Waals surface area contributed by atoms with E-state index in [1.807, 2.05) is 13.8 Å². The number of nitrogens with one attached hydrogen (secondary N) is 1. The van der Waals surface area contributed by atoms with Crippen molar-refractivity contribution >= 4 is 15.7 Å². The molecule has 3 N–H and O–H groups in total. The van der Waals surface area contributed by atoms with Gasteiger partial charge in [-0.15, -0.1) is 0 Å². The molecule has 3 unspecified atom stereocenters. The fraction of sp³-hybridized carbons (Fsp3) is 0.571. The van der Waals surface area contributed by atoms with Crippen molar-refractivity contribution in [1.82, 2.24) is 0 Å². The van der Waals surface area contributed by atoms with Crippen LogP contribution in [0.3, 0.4) is 0 Å². The molecule has 0 aromatic heterocycles. The quantitative estimate of drug-likeness (QED) is 0.824. The molecule has 6 nitrogen and oxygen atoms in total. The Labute approximate surface area is 125 Å². The molecule has 1 aromatic rings. The lowest BCUT2D eigenvalue weighted by Crippen LogP contribution is -2.56. The SMILES string of the molecule is CCOC1CC(Nc2cc(S(N)(=O)=O)ccc2C)C1OC. The van der Waals surface area contributed by atoms with E-state index in [0.717, 1.165) is 17.7 Å². The molecule has 0 radical (unpaired) electrons. The Morgan fingerprint density at radius 3 is 2.71 bits per heavy atom. The highest BCUT2D eigenvalue weighted by atomic mass is 32.2. The third kappa shape index (κ3) is 3.55. The van der Waals surface area contributed by atoms with E-state index in [4.69, 9.17) is 14.6 Å². The first-order valence-corrected chi connectivity index (χ1v) is 8.45. The van der Waals surface area contributed by atoms with E-state index in [-0.39, 0.29) is 23.1 Å². The first-order chi connectivity index (χ1) is 9.86. The van der Waals surface area contributed by atoms with Gasteiger partial charge in [-0.25, -0.2) is 13.6 Å². The van der Waals surface area contributed by atoms with Crippen molar-refractivity contribution in [3.63, 3.8) is 0 Å². The number of hydrogen-bond acceptors (Lipinski definition) is 5. The molecule has 1 saturated carbocycles. The molecule has 1 aliphatic rings. The third-order valence-electron chi connectivity index (χ3n) is 3.78. The van der Waals surface area contributed by atoms with E-state index in [0.29, 0.717) is 6.61 Å². The largest absolute Gasteiger partial charge is 0.379 e. The van der Waals surface area contributed by atoms with Gasteiger partial charge in [0.1, 0.15) is 6.10 Å². The lowest BCUT2D eigenvalue weighted by molar-refractivity contribution is -0.118. The molecule has 118 valence electrons. The normalized spacial score (nSPS) is 25.4. The molecule has 1 aliphatic carbocycles. The van der Waals surface area contributed by atoms with Gasteiger partial charge in [0.05, 0.1) is 17.0 Å². The minimum Gasteiger partial charge on any atom is -0.379 e. The lowest BCUT2D eigenvalue weighted by atomic mass is 9.85. The van der Waals surface area contributed by atoms with Crippen LogP contribution in [0.25, 0.3) is 0 Å². The molecule has 0 aliphatic heterocycles. The summed E-state index contributed by atoms with van der Waals surface area (Å²) >= 11 is 0. The van der Waals surface area contributed by atoms with Crippen LogP contribution in [0.1, 0.15) is 18.9 Å². The molecule has 0 spiro atoms. The third-order valence-corrected chi connectivity index (χ3v) is 4.69. The van der Waals surface area contributed by atoms with Crippen molar-refractivity contribution in [3.05, 3.63) is 23.8 Å². The van der Waals surface area contributed by atoms with E-state index in [9.17, 15) is 8.42 Å². The number of anilines is 1. The van der Waals surface area contributed by atoms with Gasteiger partial charge in [-0.1, -0.05) is 6.07 Å². The van der Waals surface area contributed by atoms with Crippen LogP contribution in [0, 0.1) is 6.92 Å². The van der Waals surface area contributed by atoms with Crippen LogP contribution in [0.2, 0.25) is 0 Å². The summed E-state index contributed by atoms with van der Waals surface area (Å²) in [6.07, 6.45) is 0.868. The maximum Gasteiger partial charge on any atom is 0.238 e. The van der Waals surface area contributed by atoms with E-state index in [1.165, 1.54) is 6.07 Å². The number of benzene rings is 1. The van der Waals surface area contributed by atoms with Gasteiger partial charge in [0, 0.05) is 19.4 Å². The summed E-state index contributed by atoms with van der Waals surface area (Å²) in [6, 6.07) is 4.91. The Kier molecular flexibility index (Phi) is 4.88. The lowest BCUT2D eigenvalue weighted by Gasteiger charge is -2.44. The molecule has 0 saturated heterocycles. The number of aryl methyl sites for hydroxylation is 1. The monoisotopic (exact) mass is 314 g/mol. The maximum absolute atomic E-state index is 11.4. The summed E-state index contributed by atoms with van der Waals surface area (Å²) < 4.78 is 33.9. The van der Waals surface area contributed by atoms with Gasteiger partial charge >= 0.3 is 0 Å². The van der Waals surface area contributed by atoms with Crippen LogP contribution in [0.4, 0.5) is 5.69 Å². The van der Waals surface area contributed by atoms with E-state index < -0.39 is 10.0 Å². The summed E-state index contributed by atoms with van der Waals surface area (Å²) in [4.78, 5) is 0.102. The highest BCUT2D eigenvalue weighted by Gasteiger charge is 2.42. The molecular weight excluding hydrogens is 292 g/mol. The second kappa shape index (κ2) is 6.31. The topological polar surface area (TPSA) is 90.6 Å². The van der Waals surface area contributed by atoms with Crippen LogP contribution >= 0.6 is 0 Å². The minimum absolute atomic E-state index is 0.0394. The highest BCUT2D eigenvalue weighted by Crippen LogP contribution is 2.31. The van der Waals surface area contributed by atoms with Crippen LogP contribution < -0.4 is 10.5 Å². The summed E-state index contributed by atoms with van der Waals surface area (Å²) in [5, 5.41) is 8.49. The molecule has 1 fully saturated rings. The molecule has 0 bridgehead atoms. The molecule has 1 aromatic carbocycles. The molecule has 0 heterocycles. The van der Waals surface area contributed by atoms with Crippen molar-refractivity contribution < 1.29 is 17.9 Å². The van der Waals surface area contributed by atoms with Crippen molar-refractivity contribution in [2.75, 3.05) is 19.0 Å². The number of methoxy groups -OCH3 is 1. The number of nitrogens with two attached hydrogens (primary N) is 1. The van der Waals surface area contributed by atoms with Crippen LogP contribution in [0.15, 0.2) is 23.1 Å². The van der Waals surface area contributed by atoms with Gasteiger partial charge < -0.3 is 14.8 Å². The summed E-state index contributed by atoms with van der Waals surface area (Å²) in [6.45, 7) is 4.51. The standard InChI is InChI=1S/C14H22N2O4S/c1-4-20-13-8-12(14(13)19-3)16-11-7-10(21(15,17)18)6-5-9(11)2/h5-7,12-14,16H,4,8H2,1-3H3,(H2,15,17,18). The number of hydrogen-bond donors (Lipinski definition) is 2. The van der Waals surface area contributed by atoms with Crippen molar-refractivity contribution in [3.8, 4) is 0 Å². The first-order valence-electron chi connectivity index (χ1n) is 6.91. The second-order valence-electron chi connectivity index (χ2n) is 5.20. The first kappa shape index (κ1) is 16.2. The van der Waals surface area contributed by atoms with Gasteiger partial charge in [0.15, 0.2) is 0 Å². The van der Waals surface area contributed by atoms with E-state index >= 15 is 0 Å². The number of ether oxygens (including phenoxy) is 2. The highest BCUT2D eigenvalue weighted by molar-refractivity contribution is 7.89. The number of primary sulfonamides is 1. The Morgan fingerprint density at radius 1 is 1.43 bits per heavy atom. The molecule has 21 heavy (non-hydrogen) atoms. The number of sulfonamides is 1. The predicted octanol–water partition coefficient (Wildman–Crippen LogP) is 1.25. The van der Waals surface area contributed by atoms with E-state index in [1.54, 1.807) is 19.2 Å². The molecule has 2 rings (SSSR count). The average Bonchev–Trinajstić information content (AvgIpc) is 2.38. The Hall–Kier alpha value is -1.15. The molecular formula is C14H22N2O4S. The average molecular weight is 314 g/mol. The second-order valence-corrected chi connectivity index (χ2v) is 6.76. The summed E-state index contributed by atoms with van der Waals surface area (Å²) in [7, 11) is -2.05. The molecule has 0 amide bonds.